The standard InChI is InChI=1S/C20H20ClNO2/c1-23-17-7-6-15(21)11-16(17)20(22)19-10-14-8-12-4-2-3-5-13(12)9-18(14)24-19/h6-11,20H,2-5,22H2,1H3. The second-order valence-corrected chi connectivity index (χ2v) is 6.81. The Kier molecular flexibility index (Phi) is 3.99. The third-order valence-electron chi connectivity index (χ3n) is 4.83. The van der Waals surface area contributed by atoms with E-state index in [1.165, 1.54) is 24.0 Å². The molecule has 0 radical (unpaired) electrons. The zero-order valence-electron chi connectivity index (χ0n) is 13.6. The number of ether oxygens (including phenoxy) is 1. The summed E-state index contributed by atoms with van der Waals surface area (Å²) in [6.45, 7) is 0. The normalized spacial score (nSPS) is 15.3. The predicted molar refractivity (Wildman–Crippen MR) is 96.9 cm³/mol. The fraction of sp³-hybridized carbons (Fsp3) is 0.300. The molecule has 1 aliphatic carbocycles. The minimum Gasteiger partial charge on any atom is -0.496 e. The zero-order chi connectivity index (χ0) is 16.7. The van der Waals surface area contributed by atoms with Crippen molar-refractivity contribution in [3.8, 4) is 5.75 Å². The Bertz CT molecular complexity index is 857. The van der Waals surface area contributed by atoms with Gasteiger partial charge in [0.05, 0.1) is 13.2 Å². The Morgan fingerprint density at radius 3 is 2.58 bits per heavy atom. The van der Waals surface area contributed by atoms with Gasteiger partial charge in [-0.15, -0.1) is 0 Å². The molecule has 2 N–H and O–H groups in total. The van der Waals surface area contributed by atoms with E-state index in [0.29, 0.717) is 10.8 Å². The molecule has 3 nitrogen and oxygen atoms in total. The number of nitrogens with two attached hydrogens (primary N) is 1. The number of benzene rings is 2. The molecule has 4 heteroatoms. The van der Waals surface area contributed by atoms with Gasteiger partial charge in [-0.25, -0.2) is 0 Å². The first kappa shape index (κ1) is 15.6. The minimum absolute atomic E-state index is 0.414. The molecule has 1 heterocycles. The molecular formula is C20H20ClNO2. The van der Waals surface area contributed by atoms with Crippen molar-refractivity contribution >= 4 is 22.6 Å². The lowest BCUT2D eigenvalue weighted by molar-refractivity contribution is 0.404. The van der Waals surface area contributed by atoms with Crippen molar-refractivity contribution in [1.29, 1.82) is 0 Å². The van der Waals surface area contributed by atoms with E-state index in [1.807, 2.05) is 18.2 Å². The van der Waals surface area contributed by atoms with Gasteiger partial charge in [0.2, 0.25) is 0 Å². The second-order valence-electron chi connectivity index (χ2n) is 6.38. The van der Waals surface area contributed by atoms with Crippen LogP contribution in [0.25, 0.3) is 11.0 Å². The molecule has 1 atom stereocenters. The summed E-state index contributed by atoms with van der Waals surface area (Å²) in [4.78, 5) is 0. The van der Waals surface area contributed by atoms with Gasteiger partial charge >= 0.3 is 0 Å². The first-order valence-electron chi connectivity index (χ1n) is 8.30. The molecular weight excluding hydrogens is 322 g/mol. The summed E-state index contributed by atoms with van der Waals surface area (Å²) in [6, 6.07) is 11.5. The fourth-order valence-corrected chi connectivity index (χ4v) is 3.73. The molecule has 0 bridgehead atoms. The first-order valence-corrected chi connectivity index (χ1v) is 8.68. The summed E-state index contributed by atoms with van der Waals surface area (Å²) in [6.07, 6.45) is 4.81. The van der Waals surface area contributed by atoms with E-state index in [2.05, 4.69) is 12.1 Å². The molecule has 1 unspecified atom stereocenters. The van der Waals surface area contributed by atoms with Crippen LogP contribution in [0.3, 0.4) is 0 Å². The maximum absolute atomic E-state index is 6.45. The number of fused-ring (bicyclic) bond motifs is 2. The van der Waals surface area contributed by atoms with Gasteiger partial charge in [0.15, 0.2) is 0 Å². The first-order chi connectivity index (χ1) is 11.7. The van der Waals surface area contributed by atoms with Crippen molar-refractivity contribution in [2.24, 2.45) is 5.73 Å². The van der Waals surface area contributed by atoms with Gasteiger partial charge in [0.25, 0.3) is 0 Å². The summed E-state index contributed by atoms with van der Waals surface area (Å²) in [5.74, 6) is 1.44. The number of aryl methyl sites for hydroxylation is 2. The summed E-state index contributed by atoms with van der Waals surface area (Å²) in [7, 11) is 1.63. The Morgan fingerprint density at radius 1 is 1.08 bits per heavy atom. The number of furan rings is 1. The Hall–Kier alpha value is -1.97. The molecule has 0 spiro atoms. The average Bonchev–Trinajstić information content (AvgIpc) is 3.01. The zero-order valence-corrected chi connectivity index (χ0v) is 14.4. The Morgan fingerprint density at radius 2 is 1.83 bits per heavy atom. The third kappa shape index (κ3) is 2.68. The van der Waals surface area contributed by atoms with Crippen LogP contribution in [0, 0.1) is 0 Å². The second kappa shape index (κ2) is 6.15. The minimum atomic E-state index is -0.414. The molecule has 1 aromatic heterocycles. The molecule has 0 aliphatic heterocycles. The maximum atomic E-state index is 6.45. The van der Waals surface area contributed by atoms with Crippen molar-refractivity contribution in [3.63, 3.8) is 0 Å². The summed E-state index contributed by atoms with van der Waals surface area (Å²) in [5.41, 5.74) is 11.0. The van der Waals surface area contributed by atoms with Crippen molar-refractivity contribution in [2.75, 3.05) is 7.11 Å². The predicted octanol–water partition coefficient (Wildman–Crippen LogP) is 5.02. The number of hydrogen-bond donors (Lipinski definition) is 1. The van der Waals surface area contributed by atoms with Gasteiger partial charge in [0, 0.05) is 16.0 Å². The smallest absolute Gasteiger partial charge is 0.134 e. The quantitative estimate of drug-likeness (QED) is 0.727. The average molecular weight is 342 g/mol. The van der Waals surface area contributed by atoms with Gasteiger partial charge in [0.1, 0.15) is 17.1 Å². The van der Waals surface area contributed by atoms with Crippen LogP contribution in [0.15, 0.2) is 40.8 Å². The summed E-state index contributed by atoms with van der Waals surface area (Å²) >= 11 is 6.13. The SMILES string of the molecule is COc1ccc(Cl)cc1C(N)c1cc2cc3c(cc2o1)CCCC3. The van der Waals surface area contributed by atoms with Gasteiger partial charge in [-0.2, -0.15) is 0 Å². The maximum Gasteiger partial charge on any atom is 0.134 e. The molecule has 24 heavy (non-hydrogen) atoms. The monoisotopic (exact) mass is 341 g/mol. The summed E-state index contributed by atoms with van der Waals surface area (Å²) < 4.78 is 11.5. The van der Waals surface area contributed by atoms with E-state index in [9.17, 15) is 0 Å². The summed E-state index contributed by atoms with van der Waals surface area (Å²) in [5, 5.41) is 1.75. The molecule has 2 aromatic carbocycles. The van der Waals surface area contributed by atoms with Crippen LogP contribution in [0.2, 0.25) is 5.02 Å². The van der Waals surface area contributed by atoms with E-state index in [-0.39, 0.29) is 0 Å². The highest BCUT2D eigenvalue weighted by molar-refractivity contribution is 6.30. The highest BCUT2D eigenvalue weighted by atomic mass is 35.5. The van der Waals surface area contributed by atoms with E-state index in [1.54, 1.807) is 13.2 Å². The lowest BCUT2D eigenvalue weighted by atomic mass is 9.91. The van der Waals surface area contributed by atoms with E-state index < -0.39 is 6.04 Å². The van der Waals surface area contributed by atoms with Gasteiger partial charge < -0.3 is 14.9 Å². The van der Waals surface area contributed by atoms with Crippen molar-refractivity contribution < 1.29 is 9.15 Å². The van der Waals surface area contributed by atoms with Crippen LogP contribution in [-0.2, 0) is 12.8 Å². The van der Waals surface area contributed by atoms with Crippen LogP contribution >= 0.6 is 11.6 Å². The number of rotatable bonds is 3. The van der Waals surface area contributed by atoms with Gasteiger partial charge in [-0.1, -0.05) is 11.6 Å². The molecule has 0 fully saturated rings. The van der Waals surface area contributed by atoms with E-state index in [0.717, 1.165) is 35.1 Å². The van der Waals surface area contributed by atoms with Crippen LogP contribution in [0.4, 0.5) is 0 Å². The van der Waals surface area contributed by atoms with Crippen LogP contribution in [0.5, 0.6) is 5.75 Å². The molecule has 1 aliphatic rings. The van der Waals surface area contributed by atoms with Crippen molar-refractivity contribution in [2.45, 2.75) is 31.7 Å². The van der Waals surface area contributed by atoms with Crippen molar-refractivity contribution in [3.05, 3.63) is 63.9 Å². The molecule has 0 saturated heterocycles. The molecule has 3 aromatic rings. The van der Waals surface area contributed by atoms with E-state index >= 15 is 0 Å². The van der Waals surface area contributed by atoms with Crippen LogP contribution < -0.4 is 10.5 Å². The number of halogens is 1. The highest BCUT2D eigenvalue weighted by Gasteiger charge is 2.20. The van der Waals surface area contributed by atoms with Crippen LogP contribution in [-0.4, -0.2) is 7.11 Å². The molecule has 4 rings (SSSR count). The van der Waals surface area contributed by atoms with Gasteiger partial charge in [-0.05, 0) is 73.2 Å². The molecule has 0 amide bonds. The Balaban J connectivity index is 1.77. The van der Waals surface area contributed by atoms with E-state index in [4.69, 9.17) is 26.5 Å². The lowest BCUT2D eigenvalue weighted by Gasteiger charge is -2.14. The number of hydrogen-bond acceptors (Lipinski definition) is 3. The molecule has 124 valence electrons. The lowest BCUT2D eigenvalue weighted by Crippen LogP contribution is -2.12. The largest absolute Gasteiger partial charge is 0.496 e. The fourth-order valence-electron chi connectivity index (χ4n) is 3.55. The van der Waals surface area contributed by atoms with Crippen LogP contribution in [0.1, 0.15) is 41.3 Å². The molecule has 0 saturated carbocycles. The number of methoxy groups -OCH3 is 1. The van der Waals surface area contributed by atoms with Gasteiger partial charge in [-0.3, -0.25) is 0 Å². The Labute approximate surface area is 146 Å². The topological polar surface area (TPSA) is 48.4 Å². The highest BCUT2D eigenvalue weighted by Crippen LogP contribution is 2.35. The third-order valence-corrected chi connectivity index (χ3v) is 5.07. The van der Waals surface area contributed by atoms with Crippen molar-refractivity contribution in [1.82, 2.24) is 0 Å².